The number of benzene rings is 1. The van der Waals surface area contributed by atoms with Crippen LogP contribution in [0.4, 0.5) is 0 Å². The molecule has 0 saturated heterocycles. The summed E-state index contributed by atoms with van der Waals surface area (Å²) in [5, 5.41) is 10.6. The van der Waals surface area contributed by atoms with Crippen molar-refractivity contribution in [1.82, 2.24) is 0 Å². The van der Waals surface area contributed by atoms with Gasteiger partial charge in [-0.2, -0.15) is 0 Å². The molecule has 1 aromatic carbocycles. The molecule has 0 bridgehead atoms. The zero-order valence-electron chi connectivity index (χ0n) is 8.10. The molecular weight excluding hydrogens is 228 g/mol. The maximum absolute atomic E-state index is 9.55. The molecule has 0 aromatic heterocycles. The first-order valence-corrected chi connectivity index (χ1v) is 5.62. The highest BCUT2D eigenvalue weighted by Gasteiger charge is 2.02. The normalized spacial score (nSPS) is 10.4. The molecule has 1 aromatic rings. The highest BCUT2D eigenvalue weighted by Crippen LogP contribution is 2.23. The van der Waals surface area contributed by atoms with Gasteiger partial charge in [-0.1, -0.05) is 28.1 Å². The Labute approximate surface area is 87.9 Å². The Morgan fingerprint density at radius 1 is 1.23 bits per heavy atom. The van der Waals surface area contributed by atoms with E-state index in [2.05, 4.69) is 28.1 Å². The van der Waals surface area contributed by atoms with Crippen molar-refractivity contribution in [3.63, 3.8) is 0 Å². The molecule has 0 amide bonds. The van der Waals surface area contributed by atoms with E-state index in [9.17, 15) is 5.11 Å². The van der Waals surface area contributed by atoms with Crippen molar-refractivity contribution in [2.24, 2.45) is 0 Å². The summed E-state index contributed by atoms with van der Waals surface area (Å²) in [6.45, 7) is 3.89. The molecule has 0 aliphatic rings. The van der Waals surface area contributed by atoms with Crippen LogP contribution in [0.25, 0.3) is 0 Å². The van der Waals surface area contributed by atoms with E-state index in [1.54, 1.807) is 0 Å². The fourth-order valence-corrected chi connectivity index (χ4v) is 1.74. The molecule has 1 N–H and O–H groups in total. The molecule has 0 fully saturated rings. The number of rotatable bonds is 3. The number of phenolic OH excluding ortho intramolecular Hbond substituents is 1. The number of hydrogen-bond acceptors (Lipinski definition) is 1. The van der Waals surface area contributed by atoms with Crippen LogP contribution >= 0.6 is 15.9 Å². The second kappa shape index (κ2) is 4.66. The predicted molar refractivity (Wildman–Crippen MR) is 59.7 cm³/mol. The Kier molecular flexibility index (Phi) is 3.79. The zero-order chi connectivity index (χ0) is 9.84. The summed E-state index contributed by atoms with van der Waals surface area (Å²) in [4.78, 5) is 0. The average Bonchev–Trinajstić information content (AvgIpc) is 2.10. The van der Waals surface area contributed by atoms with E-state index in [-0.39, 0.29) is 0 Å². The van der Waals surface area contributed by atoms with Gasteiger partial charge in [0.2, 0.25) is 0 Å². The maximum atomic E-state index is 9.55. The van der Waals surface area contributed by atoms with Gasteiger partial charge in [0.25, 0.3) is 0 Å². The SMILES string of the molecule is Cc1cc(CCCBr)cc(C)c1O. The topological polar surface area (TPSA) is 20.2 Å². The number of halogens is 1. The van der Waals surface area contributed by atoms with Gasteiger partial charge in [-0.3, -0.25) is 0 Å². The van der Waals surface area contributed by atoms with Crippen molar-refractivity contribution in [3.05, 3.63) is 28.8 Å². The Morgan fingerprint density at radius 2 is 1.77 bits per heavy atom. The van der Waals surface area contributed by atoms with E-state index in [1.807, 2.05) is 13.8 Å². The van der Waals surface area contributed by atoms with Crippen LogP contribution in [0.5, 0.6) is 5.75 Å². The molecule has 0 atom stereocenters. The van der Waals surface area contributed by atoms with E-state index in [1.165, 1.54) is 5.56 Å². The van der Waals surface area contributed by atoms with Gasteiger partial charge in [-0.15, -0.1) is 0 Å². The highest BCUT2D eigenvalue weighted by atomic mass is 79.9. The summed E-state index contributed by atoms with van der Waals surface area (Å²) in [7, 11) is 0. The van der Waals surface area contributed by atoms with Crippen molar-refractivity contribution in [2.45, 2.75) is 26.7 Å². The molecule has 0 aliphatic heterocycles. The maximum Gasteiger partial charge on any atom is 0.121 e. The van der Waals surface area contributed by atoms with Crippen LogP contribution in [0.2, 0.25) is 0 Å². The van der Waals surface area contributed by atoms with Gasteiger partial charge in [0.15, 0.2) is 0 Å². The predicted octanol–water partition coefficient (Wildman–Crippen LogP) is 3.34. The van der Waals surface area contributed by atoms with Gasteiger partial charge >= 0.3 is 0 Å². The second-order valence-electron chi connectivity index (χ2n) is 3.37. The van der Waals surface area contributed by atoms with Crippen LogP contribution in [-0.2, 0) is 6.42 Å². The summed E-state index contributed by atoms with van der Waals surface area (Å²) in [5.41, 5.74) is 3.27. The smallest absolute Gasteiger partial charge is 0.121 e. The minimum atomic E-state index is 0.433. The Bertz CT molecular complexity index is 271. The standard InChI is InChI=1S/C11H15BrO/c1-8-6-10(4-3-5-12)7-9(2)11(8)13/h6-7,13H,3-5H2,1-2H3. The van der Waals surface area contributed by atoms with Gasteiger partial charge in [-0.25, -0.2) is 0 Å². The van der Waals surface area contributed by atoms with Gasteiger partial charge in [0.05, 0.1) is 0 Å². The van der Waals surface area contributed by atoms with Crippen LogP contribution in [0.1, 0.15) is 23.1 Å². The first kappa shape index (κ1) is 10.6. The van der Waals surface area contributed by atoms with Crippen molar-refractivity contribution in [2.75, 3.05) is 5.33 Å². The largest absolute Gasteiger partial charge is 0.507 e. The Morgan fingerprint density at radius 3 is 2.23 bits per heavy atom. The molecule has 0 saturated carbocycles. The van der Waals surface area contributed by atoms with Gasteiger partial charge < -0.3 is 5.11 Å². The lowest BCUT2D eigenvalue weighted by molar-refractivity contribution is 0.466. The molecule has 0 radical (unpaired) electrons. The quantitative estimate of drug-likeness (QED) is 0.807. The third kappa shape index (κ3) is 2.73. The lowest BCUT2D eigenvalue weighted by Gasteiger charge is -2.06. The van der Waals surface area contributed by atoms with Crippen LogP contribution in [-0.4, -0.2) is 10.4 Å². The molecule has 0 aliphatic carbocycles. The lowest BCUT2D eigenvalue weighted by Crippen LogP contribution is -1.90. The second-order valence-corrected chi connectivity index (χ2v) is 4.16. The molecule has 72 valence electrons. The highest BCUT2D eigenvalue weighted by molar-refractivity contribution is 9.09. The van der Waals surface area contributed by atoms with Crippen LogP contribution in [0, 0.1) is 13.8 Å². The fraction of sp³-hybridized carbons (Fsp3) is 0.455. The number of hydrogen-bond donors (Lipinski definition) is 1. The molecule has 2 heteroatoms. The number of phenols is 1. The lowest BCUT2D eigenvalue weighted by atomic mass is 10.0. The molecule has 1 nitrogen and oxygen atoms in total. The average molecular weight is 243 g/mol. The first-order valence-electron chi connectivity index (χ1n) is 4.50. The number of alkyl halides is 1. The van der Waals surface area contributed by atoms with Crippen molar-refractivity contribution >= 4 is 15.9 Å². The summed E-state index contributed by atoms with van der Waals surface area (Å²) in [6.07, 6.45) is 2.22. The van der Waals surface area contributed by atoms with Gasteiger partial charge in [-0.05, 0) is 43.4 Å². The van der Waals surface area contributed by atoms with Crippen LogP contribution in [0.3, 0.4) is 0 Å². The van der Waals surface area contributed by atoms with E-state index in [0.717, 1.165) is 29.3 Å². The molecule has 1 rings (SSSR count). The summed E-state index contributed by atoms with van der Waals surface area (Å²) < 4.78 is 0. The molecule has 0 spiro atoms. The van der Waals surface area contributed by atoms with Crippen LogP contribution in [0.15, 0.2) is 12.1 Å². The van der Waals surface area contributed by atoms with Crippen molar-refractivity contribution in [3.8, 4) is 5.75 Å². The van der Waals surface area contributed by atoms with Gasteiger partial charge in [0, 0.05) is 5.33 Å². The molecule has 13 heavy (non-hydrogen) atoms. The molecule has 0 heterocycles. The summed E-state index contributed by atoms with van der Waals surface area (Å²) >= 11 is 3.41. The van der Waals surface area contributed by atoms with Crippen molar-refractivity contribution < 1.29 is 5.11 Å². The monoisotopic (exact) mass is 242 g/mol. The third-order valence-corrected chi connectivity index (χ3v) is 2.71. The van der Waals surface area contributed by atoms with E-state index >= 15 is 0 Å². The Balaban J connectivity index is 2.86. The summed E-state index contributed by atoms with van der Waals surface area (Å²) in [6, 6.07) is 4.12. The van der Waals surface area contributed by atoms with E-state index in [4.69, 9.17) is 0 Å². The van der Waals surface area contributed by atoms with Crippen molar-refractivity contribution in [1.29, 1.82) is 0 Å². The van der Waals surface area contributed by atoms with E-state index in [0.29, 0.717) is 5.75 Å². The first-order chi connectivity index (χ1) is 6.15. The van der Waals surface area contributed by atoms with Gasteiger partial charge in [0.1, 0.15) is 5.75 Å². The number of aryl methyl sites for hydroxylation is 3. The van der Waals surface area contributed by atoms with Crippen LogP contribution < -0.4 is 0 Å². The number of aromatic hydroxyl groups is 1. The zero-order valence-corrected chi connectivity index (χ0v) is 9.69. The minimum Gasteiger partial charge on any atom is -0.507 e. The summed E-state index contributed by atoms with van der Waals surface area (Å²) in [5.74, 6) is 0.433. The Hall–Kier alpha value is -0.500. The van der Waals surface area contributed by atoms with E-state index < -0.39 is 0 Å². The minimum absolute atomic E-state index is 0.433. The third-order valence-electron chi connectivity index (χ3n) is 2.15. The fourth-order valence-electron chi connectivity index (χ4n) is 1.46. The molecule has 0 unspecified atom stereocenters. The molecular formula is C11H15BrO.